The average molecular weight is 359 g/mol. The highest BCUT2D eigenvalue weighted by molar-refractivity contribution is 7.99. The maximum absolute atomic E-state index is 12.8. The van der Waals surface area contributed by atoms with Gasteiger partial charge in [0.25, 0.3) is 5.56 Å². The molecule has 3 aromatic heterocycles. The SMILES string of the molecule is Cn1c(SCC(=O)c2ccc[nH]2)nc2sc3c(c2c1=O)CCCC3. The highest BCUT2D eigenvalue weighted by Crippen LogP contribution is 2.34. The van der Waals surface area contributed by atoms with Crippen molar-refractivity contribution in [3.63, 3.8) is 0 Å². The van der Waals surface area contributed by atoms with E-state index in [4.69, 9.17) is 0 Å². The van der Waals surface area contributed by atoms with Crippen LogP contribution in [0.15, 0.2) is 28.3 Å². The zero-order chi connectivity index (χ0) is 16.7. The van der Waals surface area contributed by atoms with Crippen molar-refractivity contribution in [2.24, 2.45) is 7.05 Å². The smallest absolute Gasteiger partial charge is 0.262 e. The van der Waals surface area contributed by atoms with Crippen molar-refractivity contribution < 1.29 is 4.79 Å². The summed E-state index contributed by atoms with van der Waals surface area (Å²) in [7, 11) is 1.74. The number of hydrogen-bond acceptors (Lipinski definition) is 5. The fourth-order valence-electron chi connectivity index (χ4n) is 3.11. The molecule has 0 radical (unpaired) electrons. The van der Waals surface area contributed by atoms with E-state index in [1.165, 1.54) is 28.6 Å². The molecule has 24 heavy (non-hydrogen) atoms. The minimum absolute atomic E-state index is 0.00446. The van der Waals surface area contributed by atoms with Crippen molar-refractivity contribution in [2.75, 3.05) is 5.75 Å². The molecule has 3 aromatic rings. The first-order valence-corrected chi connectivity index (χ1v) is 9.76. The first kappa shape index (κ1) is 15.7. The summed E-state index contributed by atoms with van der Waals surface area (Å²) >= 11 is 2.96. The number of carbonyl (C=O) groups excluding carboxylic acids is 1. The Labute approximate surface area is 147 Å². The minimum Gasteiger partial charge on any atom is -0.359 e. The van der Waals surface area contributed by atoms with Crippen molar-refractivity contribution >= 4 is 39.1 Å². The number of aromatic nitrogens is 3. The Morgan fingerprint density at radius 3 is 3.04 bits per heavy atom. The monoisotopic (exact) mass is 359 g/mol. The number of Topliss-reactive ketones (excluding diaryl/α,β-unsaturated/α-hetero) is 1. The van der Waals surface area contributed by atoms with E-state index in [1.54, 1.807) is 41.3 Å². The van der Waals surface area contributed by atoms with Crippen molar-refractivity contribution in [3.8, 4) is 0 Å². The van der Waals surface area contributed by atoms with Gasteiger partial charge in [-0.05, 0) is 43.4 Å². The quantitative estimate of drug-likeness (QED) is 0.441. The summed E-state index contributed by atoms with van der Waals surface area (Å²) in [5, 5.41) is 1.39. The number of nitrogens with one attached hydrogen (secondary N) is 1. The standard InChI is InChI=1S/C17H17N3O2S2/c1-20-16(22)14-10-5-2-3-7-13(10)24-15(14)19-17(20)23-9-12(21)11-6-4-8-18-11/h4,6,8,18H,2-3,5,7,9H2,1H3. The van der Waals surface area contributed by atoms with Crippen LogP contribution in [-0.4, -0.2) is 26.1 Å². The van der Waals surface area contributed by atoms with E-state index in [-0.39, 0.29) is 17.1 Å². The first-order chi connectivity index (χ1) is 11.6. The van der Waals surface area contributed by atoms with Gasteiger partial charge in [0.05, 0.1) is 16.8 Å². The van der Waals surface area contributed by atoms with Crippen LogP contribution in [0.25, 0.3) is 10.2 Å². The Morgan fingerprint density at radius 2 is 2.25 bits per heavy atom. The van der Waals surface area contributed by atoms with Gasteiger partial charge in [-0.15, -0.1) is 11.3 Å². The largest absolute Gasteiger partial charge is 0.359 e. The molecule has 1 aliphatic carbocycles. The summed E-state index contributed by atoms with van der Waals surface area (Å²) in [6.07, 6.45) is 6.08. The lowest BCUT2D eigenvalue weighted by Gasteiger charge is -2.10. The Morgan fingerprint density at radius 1 is 1.42 bits per heavy atom. The Hall–Kier alpha value is -1.86. The predicted molar refractivity (Wildman–Crippen MR) is 97.4 cm³/mol. The first-order valence-electron chi connectivity index (χ1n) is 7.96. The summed E-state index contributed by atoms with van der Waals surface area (Å²) in [5.74, 6) is 0.266. The third kappa shape index (κ3) is 2.61. The Kier molecular flexibility index (Phi) is 4.05. The second kappa shape index (κ2) is 6.22. The number of hydrogen-bond donors (Lipinski definition) is 1. The molecule has 1 aliphatic rings. The molecule has 0 fully saturated rings. The third-order valence-corrected chi connectivity index (χ3v) is 6.60. The number of thiophene rings is 1. The number of rotatable bonds is 4. The van der Waals surface area contributed by atoms with Gasteiger partial charge in [0.15, 0.2) is 10.9 Å². The molecule has 0 aromatic carbocycles. The Balaban J connectivity index is 1.68. The van der Waals surface area contributed by atoms with Crippen molar-refractivity contribution in [2.45, 2.75) is 30.8 Å². The van der Waals surface area contributed by atoms with Gasteiger partial charge in [-0.2, -0.15) is 0 Å². The lowest BCUT2D eigenvalue weighted by molar-refractivity contribution is 0.101. The van der Waals surface area contributed by atoms with Gasteiger partial charge in [-0.1, -0.05) is 11.8 Å². The fraction of sp³-hybridized carbons (Fsp3) is 0.353. The van der Waals surface area contributed by atoms with Crippen LogP contribution >= 0.6 is 23.1 Å². The van der Waals surface area contributed by atoms with Crippen LogP contribution in [-0.2, 0) is 19.9 Å². The summed E-state index contributed by atoms with van der Waals surface area (Å²) in [6, 6.07) is 3.56. The van der Waals surface area contributed by atoms with Crippen LogP contribution in [0.2, 0.25) is 0 Å². The van der Waals surface area contributed by atoms with Crippen LogP contribution < -0.4 is 5.56 Å². The number of thioether (sulfide) groups is 1. The molecule has 0 amide bonds. The molecule has 1 N–H and O–H groups in total. The number of fused-ring (bicyclic) bond motifs is 3. The number of ketones is 1. The highest BCUT2D eigenvalue weighted by atomic mass is 32.2. The van der Waals surface area contributed by atoms with E-state index in [9.17, 15) is 9.59 Å². The fourth-order valence-corrected chi connectivity index (χ4v) is 5.27. The second-order valence-corrected chi connectivity index (χ2v) is 7.97. The lowest BCUT2D eigenvalue weighted by atomic mass is 9.97. The van der Waals surface area contributed by atoms with Crippen LogP contribution in [0, 0.1) is 0 Å². The van der Waals surface area contributed by atoms with Gasteiger partial charge in [0.2, 0.25) is 0 Å². The third-order valence-electron chi connectivity index (χ3n) is 4.39. The maximum atomic E-state index is 12.8. The van der Waals surface area contributed by atoms with Crippen LogP contribution in [0.4, 0.5) is 0 Å². The average Bonchev–Trinajstić information content (AvgIpc) is 3.23. The number of carbonyl (C=O) groups is 1. The zero-order valence-electron chi connectivity index (χ0n) is 13.3. The lowest BCUT2D eigenvalue weighted by Crippen LogP contribution is -2.21. The molecule has 0 bridgehead atoms. The summed E-state index contributed by atoms with van der Waals surface area (Å²) in [5.41, 5.74) is 1.79. The van der Waals surface area contributed by atoms with Gasteiger partial charge in [-0.25, -0.2) is 4.98 Å². The topological polar surface area (TPSA) is 67.8 Å². The van der Waals surface area contributed by atoms with Gasteiger partial charge in [-0.3, -0.25) is 14.2 Å². The zero-order valence-corrected chi connectivity index (χ0v) is 14.9. The summed E-state index contributed by atoms with van der Waals surface area (Å²) < 4.78 is 1.58. The molecule has 0 aliphatic heterocycles. The van der Waals surface area contributed by atoms with E-state index in [0.717, 1.165) is 29.5 Å². The van der Waals surface area contributed by atoms with Crippen molar-refractivity contribution in [3.05, 3.63) is 44.8 Å². The van der Waals surface area contributed by atoms with E-state index in [0.29, 0.717) is 10.9 Å². The molecule has 5 nitrogen and oxygen atoms in total. The Bertz CT molecular complexity index is 970. The van der Waals surface area contributed by atoms with E-state index < -0.39 is 0 Å². The van der Waals surface area contributed by atoms with Gasteiger partial charge >= 0.3 is 0 Å². The van der Waals surface area contributed by atoms with Gasteiger partial charge in [0, 0.05) is 18.1 Å². The van der Waals surface area contributed by atoms with Gasteiger partial charge < -0.3 is 4.98 Å². The number of H-pyrrole nitrogens is 1. The molecule has 0 spiro atoms. The molecular weight excluding hydrogens is 342 g/mol. The molecular formula is C17H17N3O2S2. The molecule has 124 valence electrons. The maximum Gasteiger partial charge on any atom is 0.262 e. The van der Waals surface area contributed by atoms with E-state index in [1.807, 2.05) is 0 Å². The van der Waals surface area contributed by atoms with Crippen molar-refractivity contribution in [1.29, 1.82) is 0 Å². The molecule has 0 unspecified atom stereocenters. The molecule has 0 saturated heterocycles. The number of aromatic amines is 1. The minimum atomic E-state index is 0.00446. The highest BCUT2D eigenvalue weighted by Gasteiger charge is 2.21. The molecule has 7 heteroatoms. The van der Waals surface area contributed by atoms with E-state index >= 15 is 0 Å². The van der Waals surface area contributed by atoms with Crippen molar-refractivity contribution in [1.82, 2.24) is 14.5 Å². The van der Waals surface area contributed by atoms with Crippen LogP contribution in [0.5, 0.6) is 0 Å². The van der Waals surface area contributed by atoms with Crippen LogP contribution in [0.3, 0.4) is 0 Å². The molecule has 0 atom stereocenters. The number of aryl methyl sites for hydroxylation is 2. The summed E-state index contributed by atoms with van der Waals surface area (Å²) in [6.45, 7) is 0. The van der Waals surface area contributed by atoms with E-state index in [2.05, 4.69) is 9.97 Å². The van der Waals surface area contributed by atoms with Gasteiger partial charge in [0.1, 0.15) is 4.83 Å². The molecule has 0 saturated carbocycles. The normalized spacial score (nSPS) is 14.0. The molecule has 4 rings (SSSR count). The summed E-state index contributed by atoms with van der Waals surface area (Å²) in [4.78, 5) is 34.6. The number of nitrogens with zero attached hydrogens (tertiary/aromatic N) is 2. The second-order valence-electron chi connectivity index (χ2n) is 5.95. The van der Waals surface area contributed by atoms with Crippen LogP contribution in [0.1, 0.15) is 33.8 Å². The molecule has 3 heterocycles. The predicted octanol–water partition coefficient (Wildman–Crippen LogP) is 3.18.